The van der Waals surface area contributed by atoms with Crippen molar-refractivity contribution < 1.29 is 22.8 Å². The van der Waals surface area contributed by atoms with Gasteiger partial charge in [-0.05, 0) is 89.8 Å². The summed E-state index contributed by atoms with van der Waals surface area (Å²) in [6, 6.07) is 17.1. The number of nitrogens with zero attached hydrogens (tertiary/aromatic N) is 6. The number of halogens is 4. The summed E-state index contributed by atoms with van der Waals surface area (Å²) in [6.45, 7) is 1.34. The van der Waals surface area contributed by atoms with Gasteiger partial charge in [0.2, 0.25) is 0 Å². The van der Waals surface area contributed by atoms with E-state index < -0.39 is 29.7 Å². The van der Waals surface area contributed by atoms with Gasteiger partial charge in [-0.3, -0.25) is 14.6 Å². The minimum Gasteiger partial charge on any atom is -0.373 e. The first-order valence-electron chi connectivity index (χ1n) is 15.2. The van der Waals surface area contributed by atoms with Gasteiger partial charge in [-0.25, -0.2) is 24.7 Å². The minimum absolute atomic E-state index is 0.0559. The average molecular weight is 769 g/mol. The number of rotatable bonds is 4. The molecule has 10 nitrogen and oxygen atoms in total. The van der Waals surface area contributed by atoms with Gasteiger partial charge in [0.05, 0.1) is 36.2 Å². The molecule has 1 saturated heterocycles. The number of aromatic nitrogens is 4. The first-order chi connectivity index (χ1) is 24.4. The maximum absolute atomic E-state index is 13.2. The van der Waals surface area contributed by atoms with E-state index in [1.54, 1.807) is 34.8 Å². The zero-order chi connectivity index (χ0) is 36.3. The molecule has 1 fully saturated rings. The van der Waals surface area contributed by atoms with Crippen LogP contribution in [-0.2, 0) is 11.0 Å². The Kier molecular flexibility index (Phi) is 10.7. The number of hydrogen-bond donors (Lipinski definition) is 2. The molecule has 0 bridgehead atoms. The van der Waals surface area contributed by atoms with Gasteiger partial charge < -0.3 is 10.6 Å². The van der Waals surface area contributed by atoms with Gasteiger partial charge in [0.15, 0.2) is 0 Å². The van der Waals surface area contributed by atoms with Gasteiger partial charge in [-0.15, -0.1) is 34.0 Å². The second-order valence-electron chi connectivity index (χ2n) is 11.0. The fourth-order valence-electron chi connectivity index (χ4n) is 5.09. The SMILES string of the molecule is CNc1ccc2sccc2n1.Cc1cc(C(F)(F)F)cc(N2C(=O)NC[C@H]2C(=O)N(C)c2ccc3sccc3n2)n1.Clc1ccc2sccc2n1. The van der Waals surface area contributed by atoms with Gasteiger partial charge in [-0.1, -0.05) is 11.6 Å². The normalized spacial score (nSPS) is 14.1. The minimum atomic E-state index is -4.60. The van der Waals surface area contributed by atoms with Crippen LogP contribution in [0.3, 0.4) is 0 Å². The van der Waals surface area contributed by atoms with Gasteiger partial charge in [0.25, 0.3) is 5.91 Å². The number of fused-ring (bicyclic) bond motifs is 3. The van der Waals surface area contributed by atoms with Crippen molar-refractivity contribution in [3.63, 3.8) is 0 Å². The number of nitrogens with one attached hydrogen (secondary N) is 2. The van der Waals surface area contributed by atoms with Crippen molar-refractivity contribution >= 4 is 106 Å². The molecule has 7 aromatic heterocycles. The predicted molar refractivity (Wildman–Crippen MR) is 200 cm³/mol. The molecule has 8 heterocycles. The van der Waals surface area contributed by atoms with E-state index in [2.05, 4.69) is 42.0 Å². The molecule has 7 aromatic rings. The lowest BCUT2D eigenvalue weighted by atomic mass is 10.2. The average Bonchev–Trinajstić information content (AvgIpc) is 3.93. The van der Waals surface area contributed by atoms with Crippen LogP contribution in [0, 0.1) is 6.92 Å². The molecule has 0 radical (unpaired) electrons. The Hall–Kier alpha value is -4.90. The molecule has 2 N–H and O–H groups in total. The van der Waals surface area contributed by atoms with E-state index in [0.717, 1.165) is 44.1 Å². The fourth-order valence-corrected chi connectivity index (χ4v) is 7.42. The topological polar surface area (TPSA) is 116 Å². The van der Waals surface area contributed by atoms with Crippen LogP contribution in [0.25, 0.3) is 30.6 Å². The van der Waals surface area contributed by atoms with E-state index in [1.807, 2.05) is 54.2 Å². The van der Waals surface area contributed by atoms with Crippen LogP contribution in [0.5, 0.6) is 0 Å². The third kappa shape index (κ3) is 8.20. The monoisotopic (exact) mass is 768 g/mol. The van der Waals surface area contributed by atoms with Crippen molar-refractivity contribution in [2.24, 2.45) is 0 Å². The van der Waals surface area contributed by atoms with Crippen LogP contribution >= 0.6 is 45.6 Å². The Morgan fingerprint density at radius 2 is 1.47 bits per heavy atom. The number of anilines is 3. The Morgan fingerprint density at radius 3 is 2.10 bits per heavy atom. The highest BCUT2D eigenvalue weighted by atomic mass is 35.5. The number of pyridine rings is 4. The Labute approximate surface area is 306 Å². The van der Waals surface area contributed by atoms with Crippen LogP contribution in [0.4, 0.5) is 35.4 Å². The summed E-state index contributed by atoms with van der Waals surface area (Å²) in [5.41, 5.74) is 1.93. The van der Waals surface area contributed by atoms with Crippen LogP contribution < -0.4 is 20.4 Å². The third-order valence-electron chi connectivity index (χ3n) is 7.58. The highest BCUT2D eigenvalue weighted by molar-refractivity contribution is 7.17. The first-order valence-corrected chi connectivity index (χ1v) is 18.2. The molecule has 0 saturated carbocycles. The Morgan fingerprint density at radius 1 is 0.882 bits per heavy atom. The molecule has 0 spiro atoms. The van der Waals surface area contributed by atoms with E-state index >= 15 is 0 Å². The molecule has 51 heavy (non-hydrogen) atoms. The molecule has 8 rings (SSSR count). The number of thiophene rings is 3. The lowest BCUT2D eigenvalue weighted by Crippen LogP contribution is -2.47. The highest BCUT2D eigenvalue weighted by Gasteiger charge is 2.41. The van der Waals surface area contributed by atoms with E-state index in [9.17, 15) is 22.8 Å². The summed E-state index contributed by atoms with van der Waals surface area (Å²) in [7, 11) is 3.38. The maximum Gasteiger partial charge on any atom is 0.416 e. The molecule has 0 aromatic carbocycles. The fraction of sp³-hybridized carbons (Fsp3) is 0.176. The van der Waals surface area contributed by atoms with Crippen molar-refractivity contribution in [1.29, 1.82) is 0 Å². The second kappa shape index (κ2) is 15.1. The highest BCUT2D eigenvalue weighted by Crippen LogP contribution is 2.33. The van der Waals surface area contributed by atoms with Gasteiger partial charge in [-0.2, -0.15) is 13.2 Å². The number of alkyl halides is 3. The standard InChI is InChI=1S/C19H16F3N5O2S.C8H8N2S.C7H4ClNS/c1-10-7-11(19(20,21)22)8-16(24-10)27-13(9-23-18(27)29)17(28)26(2)15-4-3-14-12(25-15)5-6-30-14;1-9-8-3-2-7-6(10-8)4-5-11-7;8-7-2-1-6-5(9-7)3-4-10-6/h3-8,13H,9H2,1-2H3,(H,23,29);2-5H,1H3,(H,9,10);1-4H/t13-;;/m0../s1. The van der Waals surface area contributed by atoms with Crippen LogP contribution in [-0.4, -0.2) is 58.6 Å². The summed E-state index contributed by atoms with van der Waals surface area (Å²) in [5, 5.41) is 12.0. The second-order valence-corrected chi connectivity index (χ2v) is 14.2. The molecule has 3 amide bonds. The van der Waals surface area contributed by atoms with E-state index in [4.69, 9.17) is 11.6 Å². The molecule has 17 heteroatoms. The number of urea groups is 1. The summed E-state index contributed by atoms with van der Waals surface area (Å²) >= 11 is 10.6. The van der Waals surface area contributed by atoms with E-state index in [-0.39, 0.29) is 18.1 Å². The maximum atomic E-state index is 13.2. The molecule has 1 aliphatic rings. The zero-order valence-corrected chi connectivity index (χ0v) is 30.3. The molecule has 1 atom stereocenters. The van der Waals surface area contributed by atoms with Crippen molar-refractivity contribution in [2.45, 2.75) is 19.1 Å². The van der Waals surface area contributed by atoms with Crippen LogP contribution in [0.1, 0.15) is 11.3 Å². The Balaban J connectivity index is 0.000000171. The van der Waals surface area contributed by atoms with E-state index in [0.29, 0.717) is 11.0 Å². The molecule has 0 unspecified atom stereocenters. The smallest absolute Gasteiger partial charge is 0.373 e. The summed E-state index contributed by atoms with van der Waals surface area (Å²) in [4.78, 5) is 44.7. The molecule has 262 valence electrons. The number of carbonyl (C=O) groups excluding carboxylic acids is 2. The molecular weight excluding hydrogens is 741 g/mol. The Bertz CT molecular complexity index is 2340. The predicted octanol–water partition coefficient (Wildman–Crippen LogP) is 8.87. The number of aryl methyl sites for hydroxylation is 1. The van der Waals surface area contributed by atoms with Crippen molar-refractivity contribution in [1.82, 2.24) is 25.3 Å². The summed E-state index contributed by atoms with van der Waals surface area (Å²) < 4.78 is 43.0. The summed E-state index contributed by atoms with van der Waals surface area (Å²) in [5.74, 6) is 0.576. The zero-order valence-electron chi connectivity index (χ0n) is 27.1. The van der Waals surface area contributed by atoms with Crippen LogP contribution in [0.2, 0.25) is 5.15 Å². The lowest BCUT2D eigenvalue weighted by Gasteiger charge is -2.26. The van der Waals surface area contributed by atoms with Crippen molar-refractivity contribution in [2.75, 3.05) is 35.8 Å². The third-order valence-corrected chi connectivity index (χ3v) is 10.4. The van der Waals surface area contributed by atoms with Crippen molar-refractivity contribution in [3.8, 4) is 0 Å². The van der Waals surface area contributed by atoms with Gasteiger partial charge >= 0.3 is 12.2 Å². The molecule has 0 aliphatic carbocycles. The number of likely N-dealkylation sites (N-methyl/N-ethyl adjacent to an activating group) is 1. The number of amides is 3. The van der Waals surface area contributed by atoms with Gasteiger partial charge in [0.1, 0.15) is 28.6 Å². The quantitative estimate of drug-likeness (QED) is 0.172. The number of hydrogen-bond acceptors (Lipinski definition) is 10. The van der Waals surface area contributed by atoms with Gasteiger partial charge in [0, 0.05) is 26.3 Å². The lowest BCUT2D eigenvalue weighted by molar-refractivity contribution is -0.137. The van der Waals surface area contributed by atoms with E-state index in [1.165, 1.54) is 39.6 Å². The number of carbonyl (C=O) groups is 2. The van der Waals surface area contributed by atoms with Crippen LogP contribution in [0.15, 0.2) is 82.9 Å². The molecule has 1 aliphatic heterocycles. The first kappa shape index (κ1) is 35.9. The largest absolute Gasteiger partial charge is 0.416 e. The molecular formula is C34H28ClF3N8O2S3. The summed E-state index contributed by atoms with van der Waals surface area (Å²) in [6.07, 6.45) is -4.60. The van der Waals surface area contributed by atoms with Crippen molar-refractivity contribution in [3.05, 3.63) is 99.3 Å².